The fourth-order valence-corrected chi connectivity index (χ4v) is 8.40. The summed E-state index contributed by atoms with van der Waals surface area (Å²) in [6, 6.07) is 14.6. The third-order valence-electron chi connectivity index (χ3n) is 8.06. The number of piperidine rings is 1. The average molecular weight is 685 g/mol. The molecule has 2 aliphatic rings. The molecule has 3 heterocycles. The number of rotatable bonds is 10. The van der Waals surface area contributed by atoms with E-state index in [4.69, 9.17) is 9.47 Å². The molecule has 2 saturated heterocycles. The van der Waals surface area contributed by atoms with E-state index in [1.54, 1.807) is 39.1 Å². The number of nitrogens with one attached hydrogen (secondary N) is 3. The molecule has 0 bridgehead atoms. The number of likely N-dealkylation sites (N-methyl/N-ethyl adjacent to an activating group) is 1. The molecule has 254 valence electrons. The Morgan fingerprint density at radius 1 is 1.02 bits per heavy atom. The molecule has 2 aliphatic heterocycles. The lowest BCUT2D eigenvalue weighted by molar-refractivity contribution is 0.0828. The number of ether oxygens (including phenoxy) is 2. The molecular weight excluding hydrogens is 641 g/mol. The molecule has 2 fully saturated rings. The van der Waals surface area contributed by atoms with Crippen LogP contribution in [0.15, 0.2) is 59.6 Å². The van der Waals surface area contributed by atoms with Gasteiger partial charge in [-0.3, -0.25) is 5.32 Å². The lowest BCUT2D eigenvalue weighted by Gasteiger charge is -2.31. The van der Waals surface area contributed by atoms with E-state index in [2.05, 4.69) is 30.1 Å². The summed E-state index contributed by atoms with van der Waals surface area (Å²) in [6.07, 6.45) is 3.73. The molecule has 12 nitrogen and oxygen atoms in total. The number of benzene rings is 2. The second kappa shape index (κ2) is 15.0. The maximum absolute atomic E-state index is 13.6. The van der Waals surface area contributed by atoms with Gasteiger partial charge in [0.1, 0.15) is 12.7 Å². The number of thiazole rings is 1. The molecule has 0 spiro atoms. The van der Waals surface area contributed by atoms with Crippen LogP contribution in [0.1, 0.15) is 52.0 Å². The number of likely N-dealkylation sites (tertiary alicyclic amines) is 1. The number of alkyl carbamates (subject to hydrolysis) is 1. The highest BCUT2D eigenvalue weighted by atomic mass is 32.2. The first-order valence-corrected chi connectivity index (χ1v) is 18.2. The van der Waals surface area contributed by atoms with Crippen LogP contribution in [0, 0.1) is 0 Å². The van der Waals surface area contributed by atoms with Gasteiger partial charge in [0, 0.05) is 61.5 Å². The molecule has 3 aromatic rings. The molecule has 0 saturated carbocycles. The number of nitrogens with zero attached hydrogens (tertiary/aromatic N) is 3. The van der Waals surface area contributed by atoms with Crippen molar-refractivity contribution in [2.24, 2.45) is 0 Å². The number of hydrogen-bond donors (Lipinski definition) is 3. The number of carbonyl (C=O) groups excluding carboxylic acids is 2. The number of carbonyl (C=O) groups is 2. The Morgan fingerprint density at radius 2 is 1.77 bits per heavy atom. The fraction of sp³-hybridized carbons (Fsp3) is 0.485. The van der Waals surface area contributed by atoms with E-state index in [0.717, 1.165) is 30.1 Å². The van der Waals surface area contributed by atoms with Crippen molar-refractivity contribution in [2.45, 2.75) is 75.6 Å². The van der Waals surface area contributed by atoms with Crippen molar-refractivity contribution in [3.05, 3.63) is 60.3 Å². The molecule has 0 aliphatic carbocycles. The van der Waals surface area contributed by atoms with Crippen LogP contribution in [0.4, 0.5) is 20.4 Å². The monoisotopic (exact) mass is 684 g/mol. The highest BCUT2D eigenvalue weighted by Crippen LogP contribution is 2.37. The average Bonchev–Trinajstić information content (AvgIpc) is 3.68. The summed E-state index contributed by atoms with van der Waals surface area (Å²) in [7, 11) is -1.98. The summed E-state index contributed by atoms with van der Waals surface area (Å²) < 4.78 is 41.1. The minimum absolute atomic E-state index is 0.0320. The van der Waals surface area contributed by atoms with Crippen LogP contribution in [0.3, 0.4) is 0 Å². The molecule has 2 amide bonds. The zero-order chi connectivity index (χ0) is 33.6. The molecular formula is C33H44N6O6S2. The Labute approximate surface area is 280 Å². The SMILES string of the molecule is CN1CCC[C@H]1COC(=O)Nc1ccc(-c2cnc(N3CCC(OC(=O)NCc4ccccc4)CC3)s2)c(S(=O)(=O)NC(C)(C)C)c1. The zero-order valence-electron chi connectivity index (χ0n) is 27.3. The molecule has 0 unspecified atom stereocenters. The molecule has 1 aromatic heterocycles. The van der Waals surface area contributed by atoms with Crippen LogP contribution in [-0.4, -0.2) is 81.5 Å². The second-order valence-corrected chi connectivity index (χ2v) is 15.7. The maximum atomic E-state index is 13.6. The lowest BCUT2D eigenvalue weighted by Crippen LogP contribution is -2.40. The normalized spacial score (nSPS) is 17.8. The van der Waals surface area contributed by atoms with Crippen molar-refractivity contribution >= 4 is 44.4 Å². The summed E-state index contributed by atoms with van der Waals surface area (Å²) in [5.41, 5.74) is 1.06. The van der Waals surface area contributed by atoms with Crippen molar-refractivity contribution in [3.8, 4) is 10.4 Å². The zero-order valence-corrected chi connectivity index (χ0v) is 29.0. The van der Waals surface area contributed by atoms with E-state index in [1.165, 1.54) is 17.4 Å². The predicted octanol–water partition coefficient (Wildman–Crippen LogP) is 5.42. The quantitative estimate of drug-likeness (QED) is 0.255. The Balaban J connectivity index is 1.24. The van der Waals surface area contributed by atoms with Crippen molar-refractivity contribution in [1.82, 2.24) is 19.9 Å². The van der Waals surface area contributed by atoms with Gasteiger partial charge in [-0.2, -0.15) is 0 Å². The largest absolute Gasteiger partial charge is 0.448 e. The molecule has 2 aromatic carbocycles. The van der Waals surface area contributed by atoms with Gasteiger partial charge < -0.3 is 24.6 Å². The van der Waals surface area contributed by atoms with Crippen LogP contribution < -0.4 is 20.3 Å². The van der Waals surface area contributed by atoms with Crippen molar-refractivity contribution in [2.75, 3.05) is 43.5 Å². The molecule has 14 heteroatoms. The highest BCUT2D eigenvalue weighted by molar-refractivity contribution is 7.89. The predicted molar refractivity (Wildman–Crippen MR) is 183 cm³/mol. The van der Waals surface area contributed by atoms with E-state index in [-0.39, 0.29) is 23.6 Å². The van der Waals surface area contributed by atoms with Crippen molar-refractivity contribution in [1.29, 1.82) is 0 Å². The summed E-state index contributed by atoms with van der Waals surface area (Å²) in [5, 5.41) is 6.25. The van der Waals surface area contributed by atoms with Crippen LogP contribution in [-0.2, 0) is 26.0 Å². The molecule has 0 radical (unpaired) electrons. The number of aromatic nitrogens is 1. The minimum atomic E-state index is -3.98. The molecule has 47 heavy (non-hydrogen) atoms. The summed E-state index contributed by atoms with van der Waals surface area (Å²) in [5.74, 6) is 0. The first kappa shape index (κ1) is 34.6. The van der Waals surface area contributed by atoms with Gasteiger partial charge in [0.15, 0.2) is 5.13 Å². The van der Waals surface area contributed by atoms with Crippen LogP contribution in [0.25, 0.3) is 10.4 Å². The standard InChI is InChI=1S/C33H44N6O6S2/c1-33(2,3)37-47(42,43)29-19-24(36-32(41)44-22-25-11-8-16-38(25)4)12-13-27(29)28-21-34-30(46-28)39-17-14-26(15-18-39)45-31(40)35-20-23-9-6-5-7-10-23/h5-7,9-10,12-13,19,21,25-26,37H,8,11,14-18,20,22H2,1-4H3,(H,35,40)(H,36,41)/t25-/m0/s1. The number of hydrogen-bond acceptors (Lipinski definition) is 10. The third-order valence-corrected chi connectivity index (χ3v) is 11.0. The van der Waals surface area contributed by atoms with Crippen LogP contribution in [0.5, 0.6) is 0 Å². The summed E-state index contributed by atoms with van der Waals surface area (Å²) in [6.45, 7) is 8.25. The topological polar surface area (TPSA) is 142 Å². The maximum Gasteiger partial charge on any atom is 0.411 e. The van der Waals surface area contributed by atoms with Crippen LogP contribution in [0.2, 0.25) is 0 Å². The van der Waals surface area contributed by atoms with Crippen molar-refractivity contribution in [3.63, 3.8) is 0 Å². The fourth-order valence-electron chi connectivity index (χ4n) is 5.66. The Bertz CT molecular complexity index is 1630. The molecule has 1 atom stereocenters. The highest BCUT2D eigenvalue weighted by Gasteiger charge is 2.29. The van der Waals surface area contributed by atoms with Gasteiger partial charge in [-0.1, -0.05) is 47.7 Å². The third kappa shape index (κ3) is 9.66. The van der Waals surface area contributed by atoms with Gasteiger partial charge in [-0.25, -0.2) is 27.7 Å². The Kier molecular flexibility index (Phi) is 11.1. The molecule has 3 N–H and O–H groups in total. The number of anilines is 2. The minimum Gasteiger partial charge on any atom is -0.448 e. The van der Waals surface area contributed by atoms with Gasteiger partial charge in [0.05, 0.1) is 9.77 Å². The summed E-state index contributed by atoms with van der Waals surface area (Å²) >= 11 is 1.39. The van der Waals surface area contributed by atoms with Crippen molar-refractivity contribution < 1.29 is 27.5 Å². The van der Waals surface area contributed by atoms with Gasteiger partial charge in [-0.15, -0.1) is 0 Å². The van der Waals surface area contributed by atoms with Gasteiger partial charge in [0.25, 0.3) is 0 Å². The second-order valence-electron chi connectivity index (χ2n) is 13.0. The van der Waals surface area contributed by atoms with Gasteiger partial charge in [0.2, 0.25) is 10.0 Å². The van der Waals surface area contributed by atoms with Gasteiger partial charge >= 0.3 is 12.2 Å². The van der Waals surface area contributed by atoms with E-state index >= 15 is 0 Å². The number of amides is 2. The first-order valence-electron chi connectivity index (χ1n) is 15.9. The Hall–Kier alpha value is -3.72. The van der Waals surface area contributed by atoms with E-state index in [0.29, 0.717) is 48.6 Å². The van der Waals surface area contributed by atoms with Gasteiger partial charge in [-0.05, 0) is 64.9 Å². The summed E-state index contributed by atoms with van der Waals surface area (Å²) in [4.78, 5) is 34.5. The van der Waals surface area contributed by atoms with E-state index < -0.39 is 27.7 Å². The van der Waals surface area contributed by atoms with E-state index in [9.17, 15) is 18.0 Å². The smallest absolute Gasteiger partial charge is 0.411 e. The Morgan fingerprint density at radius 3 is 2.45 bits per heavy atom. The molecule has 5 rings (SSSR count). The van der Waals surface area contributed by atoms with E-state index in [1.807, 2.05) is 37.4 Å². The van der Waals surface area contributed by atoms with Crippen LogP contribution >= 0.6 is 11.3 Å². The number of sulfonamides is 1. The lowest BCUT2D eigenvalue weighted by atomic mass is 10.1. The first-order chi connectivity index (χ1) is 22.4.